The van der Waals surface area contributed by atoms with Crippen molar-refractivity contribution in [3.05, 3.63) is 0 Å². The van der Waals surface area contributed by atoms with Crippen LogP contribution in [0.1, 0.15) is 13.3 Å². The molecule has 0 saturated carbocycles. The van der Waals surface area contributed by atoms with Crippen LogP contribution in [0.2, 0.25) is 38.8 Å². The first-order chi connectivity index (χ1) is 7.16. The molecule has 98 valence electrons. The van der Waals surface area contributed by atoms with E-state index in [0.29, 0.717) is 6.61 Å². The maximum Gasteiger partial charge on any atom is 0.176 e. The minimum atomic E-state index is -1.73. The van der Waals surface area contributed by atoms with Gasteiger partial charge in [0.2, 0.25) is 0 Å². The molecule has 0 amide bonds. The van der Waals surface area contributed by atoms with E-state index in [9.17, 15) is 5.11 Å². The summed E-state index contributed by atoms with van der Waals surface area (Å²) in [6, 6.07) is 0.765. The fourth-order valence-electron chi connectivity index (χ4n) is 1.86. The van der Waals surface area contributed by atoms with Gasteiger partial charge in [-0.1, -0.05) is 6.92 Å². The van der Waals surface area contributed by atoms with Gasteiger partial charge in [0.25, 0.3) is 0 Å². The molecule has 1 atom stereocenters. The molecule has 16 heavy (non-hydrogen) atoms. The molecule has 1 unspecified atom stereocenters. The summed E-state index contributed by atoms with van der Waals surface area (Å²) in [5.41, 5.74) is 0. The molecule has 0 heterocycles. The van der Waals surface area contributed by atoms with Crippen molar-refractivity contribution in [2.45, 2.75) is 58.2 Å². The lowest BCUT2D eigenvalue weighted by Gasteiger charge is -2.32. The zero-order chi connectivity index (χ0) is 12.8. The second-order valence-electron chi connectivity index (χ2n) is 5.91. The summed E-state index contributed by atoms with van der Waals surface area (Å²) >= 11 is 0. The van der Waals surface area contributed by atoms with Crippen molar-refractivity contribution in [3.63, 3.8) is 0 Å². The summed E-state index contributed by atoms with van der Waals surface area (Å²) < 4.78 is 11.5. The maximum absolute atomic E-state index is 9.85. The second-order valence-corrected chi connectivity index (χ2v) is 14.9. The summed E-state index contributed by atoms with van der Waals surface area (Å²) in [4.78, 5) is 0. The Morgan fingerprint density at radius 2 is 1.69 bits per heavy atom. The third kappa shape index (κ3) is 9.53. The van der Waals surface area contributed by atoms with Crippen molar-refractivity contribution in [1.29, 1.82) is 0 Å². The minimum absolute atomic E-state index is 0.371. The Labute approximate surface area is 102 Å². The molecule has 0 aliphatic heterocycles. The van der Waals surface area contributed by atoms with Gasteiger partial charge < -0.3 is 14.0 Å². The van der Waals surface area contributed by atoms with Crippen molar-refractivity contribution in [2.24, 2.45) is 0 Å². The molecule has 0 radical (unpaired) electrons. The van der Waals surface area contributed by atoms with E-state index in [0.717, 1.165) is 19.1 Å². The molecule has 0 aromatic rings. The van der Waals surface area contributed by atoms with Crippen LogP contribution in [0.5, 0.6) is 0 Å². The normalized spacial score (nSPS) is 15.2. The van der Waals surface area contributed by atoms with Gasteiger partial charge >= 0.3 is 0 Å². The van der Waals surface area contributed by atoms with Crippen LogP contribution in [0.25, 0.3) is 0 Å². The molecule has 1 N–H and O–H groups in total. The van der Waals surface area contributed by atoms with Gasteiger partial charge in [0, 0.05) is 6.61 Å². The fraction of sp³-hybridized carbons (Fsp3) is 1.00. The van der Waals surface area contributed by atoms with E-state index in [-0.39, 0.29) is 6.10 Å². The van der Waals surface area contributed by atoms with Gasteiger partial charge in [-0.05, 0) is 45.2 Å². The monoisotopic (exact) mass is 264 g/mol. The molecule has 0 rings (SSSR count). The topological polar surface area (TPSA) is 38.7 Å². The Hall–Kier alpha value is 0.314. The molecule has 0 aromatic carbocycles. The number of aliphatic hydroxyl groups excluding tert-OH is 1. The Kier molecular flexibility index (Phi) is 7.04. The van der Waals surface area contributed by atoms with Gasteiger partial charge in [-0.3, -0.25) is 0 Å². The predicted octanol–water partition coefficient (Wildman–Crippen LogP) is 2.83. The molecule has 0 aliphatic carbocycles. The third-order valence-electron chi connectivity index (χ3n) is 1.97. The number of aliphatic hydroxyl groups is 1. The lowest BCUT2D eigenvalue weighted by molar-refractivity contribution is 0.0448. The first-order valence-corrected chi connectivity index (χ1v) is 12.6. The van der Waals surface area contributed by atoms with Crippen LogP contribution in [0.15, 0.2) is 0 Å². The largest absolute Gasteiger partial charge is 0.456 e. The van der Waals surface area contributed by atoms with Crippen molar-refractivity contribution in [3.8, 4) is 0 Å². The minimum Gasteiger partial charge on any atom is -0.456 e. The van der Waals surface area contributed by atoms with E-state index in [1.54, 1.807) is 0 Å². The summed E-state index contributed by atoms with van der Waals surface area (Å²) in [7, 11) is -3.22. The molecule has 3 nitrogen and oxygen atoms in total. The van der Waals surface area contributed by atoms with Crippen LogP contribution in [-0.4, -0.2) is 41.1 Å². The molecule has 0 fully saturated rings. The van der Waals surface area contributed by atoms with Gasteiger partial charge in [0.1, 0.15) is 0 Å². The predicted molar refractivity (Wildman–Crippen MR) is 73.8 cm³/mol. The number of hydrogen-bond donors (Lipinski definition) is 1. The number of rotatable bonds is 8. The zero-order valence-corrected chi connectivity index (χ0v) is 13.7. The smallest absolute Gasteiger partial charge is 0.176 e. The molecule has 0 spiro atoms. The average Bonchev–Trinajstić information content (AvgIpc) is 1.98. The molecule has 0 saturated heterocycles. The van der Waals surface area contributed by atoms with E-state index in [1.807, 2.05) is 0 Å². The first-order valence-electron chi connectivity index (χ1n) is 6.12. The highest BCUT2D eigenvalue weighted by atomic mass is 28.4. The summed E-state index contributed by atoms with van der Waals surface area (Å²) in [6.45, 7) is 14.2. The highest BCUT2D eigenvalue weighted by molar-refractivity contribution is 6.84. The van der Waals surface area contributed by atoms with Crippen molar-refractivity contribution < 1.29 is 14.0 Å². The highest BCUT2D eigenvalue weighted by Crippen LogP contribution is 2.20. The molecule has 0 aromatic heterocycles. The van der Waals surface area contributed by atoms with E-state index < -0.39 is 16.6 Å². The Morgan fingerprint density at radius 3 is 2.12 bits per heavy atom. The van der Waals surface area contributed by atoms with Crippen LogP contribution in [0, 0.1) is 0 Å². The van der Waals surface area contributed by atoms with Gasteiger partial charge in [-0.15, -0.1) is 0 Å². The van der Waals surface area contributed by atoms with E-state index in [4.69, 9.17) is 8.85 Å². The SMILES string of the molecule is CCCOCC(O)C[Si](C)(C)O[Si](C)(C)C. The average molecular weight is 265 g/mol. The third-order valence-corrected chi connectivity index (χ3v) is 8.08. The first kappa shape index (κ1) is 16.3. The summed E-state index contributed by atoms with van der Waals surface area (Å²) in [5, 5.41) is 9.85. The van der Waals surface area contributed by atoms with Gasteiger partial charge in [-0.2, -0.15) is 0 Å². The van der Waals surface area contributed by atoms with Crippen molar-refractivity contribution in [2.75, 3.05) is 13.2 Å². The molecular weight excluding hydrogens is 236 g/mol. The van der Waals surface area contributed by atoms with Crippen molar-refractivity contribution in [1.82, 2.24) is 0 Å². The van der Waals surface area contributed by atoms with Gasteiger partial charge in [0.05, 0.1) is 12.7 Å². The standard InChI is InChI=1S/C11H28O3Si2/c1-7-8-13-9-11(12)10-16(5,6)14-15(2,3)4/h11-12H,7-10H2,1-6H3. The maximum atomic E-state index is 9.85. The highest BCUT2D eigenvalue weighted by Gasteiger charge is 2.31. The lowest BCUT2D eigenvalue weighted by Crippen LogP contribution is -2.44. The zero-order valence-electron chi connectivity index (χ0n) is 11.7. The van der Waals surface area contributed by atoms with Crippen LogP contribution in [-0.2, 0) is 8.85 Å². The number of ether oxygens (including phenoxy) is 1. The van der Waals surface area contributed by atoms with Crippen LogP contribution in [0.3, 0.4) is 0 Å². The lowest BCUT2D eigenvalue weighted by atomic mass is 10.4. The van der Waals surface area contributed by atoms with Gasteiger partial charge in [-0.25, -0.2) is 0 Å². The molecule has 5 heteroatoms. The van der Waals surface area contributed by atoms with Gasteiger partial charge in [0.15, 0.2) is 16.6 Å². The number of hydrogen-bond acceptors (Lipinski definition) is 3. The van der Waals surface area contributed by atoms with Crippen molar-refractivity contribution >= 4 is 16.6 Å². The molecule has 0 bridgehead atoms. The summed E-state index contributed by atoms with van der Waals surface area (Å²) in [5.74, 6) is 0. The van der Waals surface area contributed by atoms with E-state index in [2.05, 4.69) is 39.7 Å². The van der Waals surface area contributed by atoms with E-state index in [1.165, 1.54) is 0 Å². The van der Waals surface area contributed by atoms with E-state index >= 15 is 0 Å². The van der Waals surface area contributed by atoms with Crippen LogP contribution in [0.4, 0.5) is 0 Å². The molecule has 0 aliphatic rings. The fourth-order valence-corrected chi connectivity index (χ4v) is 10.1. The Morgan fingerprint density at radius 1 is 1.12 bits per heavy atom. The van der Waals surface area contributed by atoms with Crippen LogP contribution >= 0.6 is 0 Å². The Bertz CT molecular complexity index is 190. The molecular formula is C11H28O3Si2. The van der Waals surface area contributed by atoms with Crippen LogP contribution < -0.4 is 0 Å². The second kappa shape index (κ2) is 6.91. The Balaban J connectivity index is 3.95. The quantitative estimate of drug-likeness (QED) is 0.541. The summed E-state index contributed by atoms with van der Waals surface area (Å²) in [6.07, 6.45) is 0.628.